The number of nitrogens with one attached hydrogen (secondary N) is 1. The van der Waals surface area contributed by atoms with E-state index < -0.39 is 11.9 Å². The Labute approximate surface area is 152 Å². The van der Waals surface area contributed by atoms with E-state index in [9.17, 15) is 9.59 Å². The van der Waals surface area contributed by atoms with Crippen molar-refractivity contribution in [3.8, 4) is 5.88 Å². The Kier molecular flexibility index (Phi) is 7.11. The molecule has 1 amide bonds. The van der Waals surface area contributed by atoms with Crippen molar-refractivity contribution in [2.75, 3.05) is 25.6 Å². The summed E-state index contributed by atoms with van der Waals surface area (Å²) in [6.45, 7) is 2.45. The van der Waals surface area contributed by atoms with Crippen LogP contribution < -0.4 is 10.1 Å². The van der Waals surface area contributed by atoms with Crippen molar-refractivity contribution in [2.45, 2.75) is 13.3 Å². The third-order valence-electron chi connectivity index (χ3n) is 3.71. The van der Waals surface area contributed by atoms with Crippen molar-refractivity contribution in [1.29, 1.82) is 0 Å². The molecule has 2 N–H and O–H groups in total. The first-order valence-corrected chi connectivity index (χ1v) is 8.20. The van der Waals surface area contributed by atoms with E-state index in [0.29, 0.717) is 36.8 Å². The van der Waals surface area contributed by atoms with Crippen molar-refractivity contribution in [2.24, 2.45) is 5.92 Å². The van der Waals surface area contributed by atoms with Crippen molar-refractivity contribution in [3.05, 3.63) is 53.7 Å². The van der Waals surface area contributed by atoms with Gasteiger partial charge in [-0.05, 0) is 30.2 Å². The molecule has 0 spiro atoms. The van der Waals surface area contributed by atoms with Crippen LogP contribution in [0.2, 0.25) is 0 Å². The first-order valence-electron chi connectivity index (χ1n) is 8.20. The Morgan fingerprint density at radius 2 is 1.92 bits per heavy atom. The monoisotopic (exact) mass is 358 g/mol. The lowest BCUT2D eigenvalue weighted by Crippen LogP contribution is -2.14. The average Bonchev–Trinajstić information content (AvgIpc) is 2.63. The summed E-state index contributed by atoms with van der Waals surface area (Å²) in [5.74, 6) is -1.21. The molecule has 1 aromatic heterocycles. The number of rotatable bonds is 9. The van der Waals surface area contributed by atoms with Crippen molar-refractivity contribution in [1.82, 2.24) is 4.98 Å². The number of methoxy groups -OCH3 is 1. The average molecular weight is 358 g/mol. The Morgan fingerprint density at radius 3 is 2.58 bits per heavy atom. The molecule has 1 heterocycles. The highest BCUT2D eigenvalue weighted by Gasteiger charge is 2.12. The SMILES string of the molecule is COCCOc1cc(C(=O)Nc2ccc(CC(C)C(=O)O)cc2)ccn1. The number of carbonyl (C=O) groups excluding carboxylic acids is 1. The number of benzene rings is 1. The zero-order chi connectivity index (χ0) is 18.9. The summed E-state index contributed by atoms with van der Waals surface area (Å²) in [4.78, 5) is 27.3. The minimum Gasteiger partial charge on any atom is -0.481 e. The maximum Gasteiger partial charge on any atom is 0.306 e. The molecule has 0 saturated carbocycles. The smallest absolute Gasteiger partial charge is 0.306 e. The Bertz CT molecular complexity index is 746. The molecule has 7 heteroatoms. The van der Waals surface area contributed by atoms with Gasteiger partial charge in [0.15, 0.2) is 0 Å². The van der Waals surface area contributed by atoms with Crippen molar-refractivity contribution >= 4 is 17.6 Å². The van der Waals surface area contributed by atoms with Crippen LogP contribution in [0, 0.1) is 5.92 Å². The molecule has 0 aliphatic carbocycles. The number of carboxylic acids is 1. The maximum absolute atomic E-state index is 12.4. The van der Waals surface area contributed by atoms with E-state index >= 15 is 0 Å². The van der Waals surface area contributed by atoms with Crippen LogP contribution in [0.1, 0.15) is 22.8 Å². The van der Waals surface area contributed by atoms with Gasteiger partial charge < -0.3 is 19.9 Å². The fourth-order valence-electron chi connectivity index (χ4n) is 2.23. The van der Waals surface area contributed by atoms with Gasteiger partial charge in [-0.25, -0.2) is 4.98 Å². The highest BCUT2D eigenvalue weighted by molar-refractivity contribution is 6.04. The molecule has 7 nitrogen and oxygen atoms in total. The van der Waals surface area contributed by atoms with Crippen LogP contribution in [0.15, 0.2) is 42.6 Å². The summed E-state index contributed by atoms with van der Waals surface area (Å²) in [6, 6.07) is 10.3. The second-order valence-corrected chi connectivity index (χ2v) is 5.82. The minimum atomic E-state index is -0.830. The van der Waals surface area contributed by atoms with Crippen LogP contribution in [0.5, 0.6) is 5.88 Å². The number of anilines is 1. The normalized spacial score (nSPS) is 11.6. The molecule has 0 radical (unpaired) electrons. The Hall–Kier alpha value is -2.93. The fourth-order valence-corrected chi connectivity index (χ4v) is 2.23. The molecular formula is C19H22N2O5. The van der Waals surface area contributed by atoms with Gasteiger partial charge in [0.2, 0.25) is 5.88 Å². The van der Waals surface area contributed by atoms with Crippen LogP contribution in [-0.2, 0) is 16.0 Å². The van der Waals surface area contributed by atoms with Gasteiger partial charge in [-0.2, -0.15) is 0 Å². The predicted molar refractivity (Wildman–Crippen MR) is 96.5 cm³/mol. The number of carboxylic acid groups (broad SMARTS) is 1. The topological polar surface area (TPSA) is 97.8 Å². The third-order valence-corrected chi connectivity index (χ3v) is 3.71. The van der Waals surface area contributed by atoms with Gasteiger partial charge in [0, 0.05) is 30.6 Å². The van der Waals surface area contributed by atoms with Crippen LogP contribution in [0.3, 0.4) is 0 Å². The number of pyridine rings is 1. The number of ether oxygens (including phenoxy) is 2. The molecular weight excluding hydrogens is 336 g/mol. The third kappa shape index (κ3) is 5.86. The molecule has 0 aliphatic rings. The van der Waals surface area contributed by atoms with Crippen LogP contribution in [-0.4, -0.2) is 42.3 Å². The molecule has 0 fully saturated rings. The lowest BCUT2D eigenvalue weighted by Gasteiger charge is -2.09. The van der Waals surface area contributed by atoms with Gasteiger partial charge in [-0.15, -0.1) is 0 Å². The van der Waals surface area contributed by atoms with E-state index in [0.717, 1.165) is 5.56 Å². The molecule has 1 aromatic carbocycles. The van der Waals surface area contributed by atoms with E-state index in [4.69, 9.17) is 14.6 Å². The van der Waals surface area contributed by atoms with Gasteiger partial charge in [0.05, 0.1) is 12.5 Å². The predicted octanol–water partition coefficient (Wildman–Crippen LogP) is 2.62. The zero-order valence-electron chi connectivity index (χ0n) is 14.8. The molecule has 1 unspecified atom stereocenters. The van der Waals surface area contributed by atoms with Gasteiger partial charge in [0.25, 0.3) is 5.91 Å². The van der Waals surface area contributed by atoms with E-state index in [1.54, 1.807) is 50.4 Å². The van der Waals surface area contributed by atoms with Crippen LogP contribution in [0.25, 0.3) is 0 Å². The van der Waals surface area contributed by atoms with E-state index in [2.05, 4.69) is 10.3 Å². The molecule has 0 aliphatic heterocycles. The highest BCUT2D eigenvalue weighted by atomic mass is 16.5. The van der Waals surface area contributed by atoms with E-state index in [-0.39, 0.29) is 5.91 Å². The fraction of sp³-hybridized carbons (Fsp3) is 0.316. The lowest BCUT2D eigenvalue weighted by molar-refractivity contribution is -0.141. The number of nitrogens with zero attached hydrogens (tertiary/aromatic N) is 1. The molecule has 138 valence electrons. The molecule has 1 atom stereocenters. The van der Waals surface area contributed by atoms with E-state index in [1.165, 1.54) is 6.20 Å². The van der Waals surface area contributed by atoms with Gasteiger partial charge in [-0.1, -0.05) is 19.1 Å². The molecule has 0 saturated heterocycles. The molecule has 0 bridgehead atoms. The summed E-state index contributed by atoms with van der Waals surface area (Å²) >= 11 is 0. The molecule has 2 aromatic rings. The number of hydrogen-bond donors (Lipinski definition) is 2. The Morgan fingerprint density at radius 1 is 1.19 bits per heavy atom. The lowest BCUT2D eigenvalue weighted by atomic mass is 10.0. The second kappa shape index (κ2) is 9.53. The number of carbonyl (C=O) groups is 2. The van der Waals surface area contributed by atoms with Crippen molar-refractivity contribution in [3.63, 3.8) is 0 Å². The summed E-state index contributed by atoms with van der Waals surface area (Å²) in [5.41, 5.74) is 1.95. The summed E-state index contributed by atoms with van der Waals surface area (Å²) in [7, 11) is 1.58. The van der Waals surface area contributed by atoms with Crippen LogP contribution in [0.4, 0.5) is 5.69 Å². The maximum atomic E-state index is 12.4. The largest absolute Gasteiger partial charge is 0.481 e. The first-order chi connectivity index (χ1) is 12.5. The van der Waals surface area contributed by atoms with Crippen LogP contribution >= 0.6 is 0 Å². The number of hydrogen-bond acceptors (Lipinski definition) is 5. The number of amides is 1. The zero-order valence-corrected chi connectivity index (χ0v) is 14.8. The Balaban J connectivity index is 1.96. The highest BCUT2D eigenvalue weighted by Crippen LogP contribution is 2.16. The van der Waals surface area contributed by atoms with Gasteiger partial charge in [0.1, 0.15) is 6.61 Å². The minimum absolute atomic E-state index is 0.282. The summed E-state index contributed by atoms with van der Waals surface area (Å²) in [6.07, 6.45) is 1.95. The summed E-state index contributed by atoms with van der Waals surface area (Å²) < 4.78 is 10.3. The van der Waals surface area contributed by atoms with Gasteiger partial charge >= 0.3 is 5.97 Å². The summed E-state index contributed by atoms with van der Waals surface area (Å²) in [5, 5.41) is 11.7. The number of aliphatic carboxylic acids is 1. The van der Waals surface area contributed by atoms with Gasteiger partial charge in [-0.3, -0.25) is 9.59 Å². The second-order valence-electron chi connectivity index (χ2n) is 5.82. The van der Waals surface area contributed by atoms with Crippen molar-refractivity contribution < 1.29 is 24.2 Å². The molecule has 2 rings (SSSR count). The van der Waals surface area contributed by atoms with E-state index in [1.807, 2.05) is 0 Å². The quantitative estimate of drug-likeness (QED) is 0.669. The standard InChI is InChI=1S/C19H22N2O5/c1-13(19(23)24)11-14-3-5-16(6-4-14)21-18(22)15-7-8-20-17(12-15)26-10-9-25-2/h3-8,12-13H,9-11H2,1-2H3,(H,21,22)(H,23,24). The molecule has 26 heavy (non-hydrogen) atoms. The first kappa shape index (κ1) is 19.4. The number of aromatic nitrogens is 1.